The Morgan fingerprint density at radius 1 is 1.26 bits per heavy atom. The molecule has 1 saturated heterocycles. The van der Waals surface area contributed by atoms with Gasteiger partial charge in [-0.25, -0.2) is 0 Å². The van der Waals surface area contributed by atoms with Crippen molar-refractivity contribution in [1.29, 1.82) is 0 Å². The maximum atomic E-state index is 3.75. The Labute approximate surface area is 118 Å². The molecule has 1 N–H and O–H groups in total. The standard InChI is InChI=1S/C17H28N2/c1-4-11-19-13-16(15-9-7-6-8-10-15)18-12-17(19)14(3)5-2/h6-10,14,16-18H,4-5,11-13H2,1-3H3. The maximum Gasteiger partial charge on any atom is 0.0449 e. The van der Waals surface area contributed by atoms with E-state index < -0.39 is 0 Å². The van der Waals surface area contributed by atoms with Crippen molar-refractivity contribution in [2.24, 2.45) is 5.92 Å². The summed E-state index contributed by atoms with van der Waals surface area (Å²) in [5, 5.41) is 3.75. The monoisotopic (exact) mass is 260 g/mol. The molecule has 1 aliphatic rings. The van der Waals surface area contributed by atoms with Crippen molar-refractivity contribution < 1.29 is 0 Å². The van der Waals surface area contributed by atoms with Gasteiger partial charge in [0.25, 0.3) is 0 Å². The van der Waals surface area contributed by atoms with Gasteiger partial charge in [0.05, 0.1) is 0 Å². The van der Waals surface area contributed by atoms with Crippen molar-refractivity contribution in [3.05, 3.63) is 35.9 Å². The van der Waals surface area contributed by atoms with E-state index in [4.69, 9.17) is 0 Å². The van der Waals surface area contributed by atoms with E-state index in [1.807, 2.05) is 0 Å². The molecule has 0 aromatic heterocycles. The fourth-order valence-electron chi connectivity index (χ4n) is 3.11. The van der Waals surface area contributed by atoms with Crippen LogP contribution in [-0.4, -0.2) is 30.6 Å². The van der Waals surface area contributed by atoms with E-state index in [1.165, 1.54) is 24.9 Å². The van der Waals surface area contributed by atoms with E-state index in [0.29, 0.717) is 12.1 Å². The summed E-state index contributed by atoms with van der Waals surface area (Å²) >= 11 is 0. The third kappa shape index (κ3) is 3.58. The minimum absolute atomic E-state index is 0.494. The second-order valence-electron chi connectivity index (χ2n) is 5.82. The van der Waals surface area contributed by atoms with Gasteiger partial charge in [0.1, 0.15) is 0 Å². The Hall–Kier alpha value is -0.860. The van der Waals surface area contributed by atoms with Crippen LogP contribution < -0.4 is 5.32 Å². The highest BCUT2D eigenvalue weighted by Crippen LogP contribution is 2.24. The summed E-state index contributed by atoms with van der Waals surface area (Å²) < 4.78 is 0. The molecular formula is C17H28N2. The van der Waals surface area contributed by atoms with Crippen LogP contribution in [-0.2, 0) is 0 Å². The highest BCUT2D eigenvalue weighted by molar-refractivity contribution is 5.20. The molecule has 2 nitrogen and oxygen atoms in total. The number of piperazine rings is 1. The third-order valence-corrected chi connectivity index (χ3v) is 4.47. The topological polar surface area (TPSA) is 15.3 Å². The molecule has 1 aromatic rings. The number of hydrogen-bond acceptors (Lipinski definition) is 2. The summed E-state index contributed by atoms with van der Waals surface area (Å²) in [7, 11) is 0. The zero-order valence-corrected chi connectivity index (χ0v) is 12.6. The summed E-state index contributed by atoms with van der Waals surface area (Å²) in [6.07, 6.45) is 2.51. The van der Waals surface area contributed by atoms with Gasteiger partial charge < -0.3 is 5.32 Å². The summed E-state index contributed by atoms with van der Waals surface area (Å²) in [6, 6.07) is 12.1. The van der Waals surface area contributed by atoms with Gasteiger partial charge in [0.15, 0.2) is 0 Å². The zero-order valence-electron chi connectivity index (χ0n) is 12.6. The Balaban J connectivity index is 2.06. The zero-order chi connectivity index (χ0) is 13.7. The molecule has 0 saturated carbocycles. The van der Waals surface area contributed by atoms with Gasteiger partial charge in [-0.2, -0.15) is 0 Å². The first-order valence-electron chi connectivity index (χ1n) is 7.78. The van der Waals surface area contributed by atoms with E-state index in [1.54, 1.807) is 0 Å². The first-order valence-corrected chi connectivity index (χ1v) is 7.78. The van der Waals surface area contributed by atoms with Crippen molar-refractivity contribution in [2.45, 2.75) is 45.7 Å². The molecule has 1 fully saturated rings. The molecule has 106 valence electrons. The van der Waals surface area contributed by atoms with E-state index in [9.17, 15) is 0 Å². The normalized spacial score (nSPS) is 26.3. The lowest BCUT2D eigenvalue weighted by molar-refractivity contribution is 0.0915. The van der Waals surface area contributed by atoms with Crippen molar-refractivity contribution >= 4 is 0 Å². The Morgan fingerprint density at radius 3 is 2.63 bits per heavy atom. The molecule has 0 aliphatic carbocycles. The van der Waals surface area contributed by atoms with Crippen LogP contribution in [0.2, 0.25) is 0 Å². The quantitative estimate of drug-likeness (QED) is 0.872. The maximum absolute atomic E-state index is 3.75. The summed E-state index contributed by atoms with van der Waals surface area (Å²) in [4.78, 5) is 2.70. The molecule has 19 heavy (non-hydrogen) atoms. The largest absolute Gasteiger partial charge is 0.307 e. The minimum Gasteiger partial charge on any atom is -0.307 e. The van der Waals surface area contributed by atoms with Crippen molar-refractivity contribution in [3.8, 4) is 0 Å². The van der Waals surface area contributed by atoms with Crippen molar-refractivity contribution in [1.82, 2.24) is 10.2 Å². The molecule has 3 atom stereocenters. The van der Waals surface area contributed by atoms with E-state index in [-0.39, 0.29) is 0 Å². The Morgan fingerprint density at radius 2 is 2.00 bits per heavy atom. The van der Waals surface area contributed by atoms with Crippen molar-refractivity contribution in [2.75, 3.05) is 19.6 Å². The van der Waals surface area contributed by atoms with E-state index in [2.05, 4.69) is 61.3 Å². The molecule has 0 spiro atoms. The van der Waals surface area contributed by atoms with Gasteiger partial charge in [-0.05, 0) is 24.4 Å². The van der Waals surface area contributed by atoms with Gasteiger partial charge in [-0.3, -0.25) is 4.90 Å². The predicted molar refractivity (Wildman–Crippen MR) is 82.3 cm³/mol. The lowest BCUT2D eigenvalue weighted by Gasteiger charge is -2.43. The van der Waals surface area contributed by atoms with Gasteiger partial charge in [0, 0.05) is 25.2 Å². The lowest BCUT2D eigenvalue weighted by atomic mass is 9.92. The molecule has 2 heteroatoms. The molecule has 1 aliphatic heterocycles. The highest BCUT2D eigenvalue weighted by Gasteiger charge is 2.30. The van der Waals surface area contributed by atoms with E-state index in [0.717, 1.165) is 19.0 Å². The molecule has 0 radical (unpaired) electrons. The average Bonchev–Trinajstić information content (AvgIpc) is 2.47. The molecule has 1 aromatic carbocycles. The molecular weight excluding hydrogens is 232 g/mol. The second-order valence-corrected chi connectivity index (χ2v) is 5.82. The van der Waals surface area contributed by atoms with Crippen LogP contribution in [0.3, 0.4) is 0 Å². The van der Waals surface area contributed by atoms with Crippen LogP contribution in [0.15, 0.2) is 30.3 Å². The third-order valence-electron chi connectivity index (χ3n) is 4.47. The SMILES string of the molecule is CCCN1CC(c2ccccc2)NCC1C(C)CC. The summed E-state index contributed by atoms with van der Waals surface area (Å²) in [5.74, 6) is 0.774. The predicted octanol–water partition coefficient (Wildman–Crippen LogP) is 3.46. The molecule has 2 rings (SSSR count). The minimum atomic E-state index is 0.494. The Kier molecular flexibility index (Phi) is 5.41. The van der Waals surface area contributed by atoms with Gasteiger partial charge in [-0.1, -0.05) is 57.5 Å². The lowest BCUT2D eigenvalue weighted by Crippen LogP contribution is -2.55. The van der Waals surface area contributed by atoms with E-state index >= 15 is 0 Å². The van der Waals surface area contributed by atoms with Gasteiger partial charge in [-0.15, -0.1) is 0 Å². The number of nitrogens with one attached hydrogen (secondary N) is 1. The summed E-state index contributed by atoms with van der Waals surface area (Å²) in [5.41, 5.74) is 1.42. The number of benzene rings is 1. The fourth-order valence-corrected chi connectivity index (χ4v) is 3.11. The van der Waals surface area contributed by atoms with Crippen LogP contribution in [0.5, 0.6) is 0 Å². The number of rotatable bonds is 5. The Bertz CT molecular complexity index is 363. The van der Waals surface area contributed by atoms with Gasteiger partial charge in [0.2, 0.25) is 0 Å². The van der Waals surface area contributed by atoms with Crippen LogP contribution in [0.25, 0.3) is 0 Å². The average molecular weight is 260 g/mol. The van der Waals surface area contributed by atoms with Crippen LogP contribution in [0, 0.1) is 5.92 Å². The van der Waals surface area contributed by atoms with Crippen LogP contribution >= 0.6 is 0 Å². The van der Waals surface area contributed by atoms with Gasteiger partial charge >= 0.3 is 0 Å². The highest BCUT2D eigenvalue weighted by atomic mass is 15.2. The number of hydrogen-bond donors (Lipinski definition) is 1. The van der Waals surface area contributed by atoms with Crippen LogP contribution in [0.1, 0.15) is 45.2 Å². The first kappa shape index (κ1) is 14.5. The second kappa shape index (κ2) is 7.06. The number of nitrogens with zero attached hydrogens (tertiary/aromatic N) is 1. The molecule has 0 amide bonds. The molecule has 3 unspecified atom stereocenters. The molecule has 1 heterocycles. The fraction of sp³-hybridized carbons (Fsp3) is 0.647. The van der Waals surface area contributed by atoms with Crippen LogP contribution in [0.4, 0.5) is 0 Å². The summed E-state index contributed by atoms with van der Waals surface area (Å²) in [6.45, 7) is 10.5. The first-order chi connectivity index (χ1) is 9.26. The molecule has 0 bridgehead atoms. The van der Waals surface area contributed by atoms with Crippen molar-refractivity contribution in [3.63, 3.8) is 0 Å². The smallest absolute Gasteiger partial charge is 0.0449 e.